The van der Waals surface area contributed by atoms with E-state index in [1.54, 1.807) is 18.2 Å². The van der Waals surface area contributed by atoms with Crippen LogP contribution in [0.15, 0.2) is 18.2 Å². The SMILES string of the molecule is O=C(Nc1ccc(Cl)c(Cl)c1)NC1CC2CCC1C2. The zero-order chi connectivity index (χ0) is 13.4. The number of carbonyl (C=O) groups is 1. The molecule has 19 heavy (non-hydrogen) atoms. The minimum absolute atomic E-state index is 0.157. The topological polar surface area (TPSA) is 41.1 Å². The number of nitrogens with one attached hydrogen (secondary N) is 2. The van der Waals surface area contributed by atoms with Crippen LogP contribution < -0.4 is 10.6 Å². The lowest BCUT2D eigenvalue weighted by atomic mass is 9.95. The van der Waals surface area contributed by atoms with Crippen LogP contribution in [0, 0.1) is 11.8 Å². The highest BCUT2D eigenvalue weighted by atomic mass is 35.5. The van der Waals surface area contributed by atoms with Crippen molar-refractivity contribution in [2.24, 2.45) is 11.8 Å². The number of rotatable bonds is 2. The van der Waals surface area contributed by atoms with Crippen LogP contribution in [0.2, 0.25) is 10.0 Å². The van der Waals surface area contributed by atoms with Gasteiger partial charge in [-0.2, -0.15) is 0 Å². The van der Waals surface area contributed by atoms with Gasteiger partial charge in [0.15, 0.2) is 0 Å². The third-order valence-corrected chi connectivity index (χ3v) is 4.97. The van der Waals surface area contributed by atoms with E-state index in [-0.39, 0.29) is 6.03 Å². The van der Waals surface area contributed by atoms with Crippen molar-refractivity contribution >= 4 is 34.9 Å². The summed E-state index contributed by atoms with van der Waals surface area (Å²) in [5.41, 5.74) is 0.662. The van der Waals surface area contributed by atoms with E-state index >= 15 is 0 Å². The molecule has 2 saturated carbocycles. The molecule has 0 radical (unpaired) electrons. The molecule has 102 valence electrons. The Hall–Kier alpha value is -0.930. The Kier molecular flexibility index (Phi) is 3.59. The number of halogens is 2. The zero-order valence-corrected chi connectivity index (χ0v) is 12.0. The smallest absolute Gasteiger partial charge is 0.319 e. The number of anilines is 1. The summed E-state index contributed by atoms with van der Waals surface area (Å²) in [6.07, 6.45) is 4.98. The quantitative estimate of drug-likeness (QED) is 0.839. The van der Waals surface area contributed by atoms with Gasteiger partial charge in [-0.15, -0.1) is 0 Å². The van der Waals surface area contributed by atoms with Crippen LogP contribution in [0.5, 0.6) is 0 Å². The van der Waals surface area contributed by atoms with Gasteiger partial charge in [-0.3, -0.25) is 0 Å². The van der Waals surface area contributed by atoms with E-state index in [1.807, 2.05) is 0 Å². The Morgan fingerprint density at radius 2 is 2.00 bits per heavy atom. The van der Waals surface area contributed by atoms with Crippen molar-refractivity contribution in [3.8, 4) is 0 Å². The molecule has 0 aromatic heterocycles. The lowest BCUT2D eigenvalue weighted by Crippen LogP contribution is -2.40. The molecule has 3 unspecified atom stereocenters. The lowest BCUT2D eigenvalue weighted by molar-refractivity contribution is 0.242. The van der Waals surface area contributed by atoms with Crippen molar-refractivity contribution in [3.05, 3.63) is 28.2 Å². The van der Waals surface area contributed by atoms with Crippen LogP contribution in [-0.2, 0) is 0 Å². The molecule has 3 atom stereocenters. The Morgan fingerprint density at radius 3 is 2.63 bits per heavy atom. The van der Waals surface area contributed by atoms with Crippen molar-refractivity contribution in [3.63, 3.8) is 0 Å². The third kappa shape index (κ3) is 2.82. The first-order valence-corrected chi connectivity index (χ1v) is 7.40. The van der Waals surface area contributed by atoms with E-state index in [2.05, 4.69) is 10.6 Å². The average molecular weight is 299 g/mol. The normalized spacial score (nSPS) is 28.4. The largest absolute Gasteiger partial charge is 0.335 e. The molecule has 3 rings (SSSR count). The maximum absolute atomic E-state index is 11.9. The van der Waals surface area contributed by atoms with Crippen LogP contribution in [0.25, 0.3) is 0 Å². The highest BCUT2D eigenvalue weighted by Crippen LogP contribution is 2.44. The molecule has 2 fully saturated rings. The predicted molar refractivity (Wildman–Crippen MR) is 77.9 cm³/mol. The number of hydrogen-bond donors (Lipinski definition) is 2. The Labute approximate surface area is 122 Å². The molecule has 3 nitrogen and oxygen atoms in total. The lowest BCUT2D eigenvalue weighted by Gasteiger charge is -2.23. The zero-order valence-electron chi connectivity index (χ0n) is 10.5. The summed E-state index contributed by atoms with van der Waals surface area (Å²) in [6, 6.07) is 5.26. The van der Waals surface area contributed by atoms with E-state index in [0.29, 0.717) is 27.7 Å². The highest BCUT2D eigenvalue weighted by Gasteiger charge is 2.40. The summed E-state index contributed by atoms with van der Waals surface area (Å²) in [4.78, 5) is 11.9. The van der Waals surface area contributed by atoms with Crippen LogP contribution in [-0.4, -0.2) is 12.1 Å². The van der Waals surface area contributed by atoms with Crippen LogP contribution >= 0.6 is 23.2 Å². The molecule has 2 N–H and O–H groups in total. The van der Waals surface area contributed by atoms with Gasteiger partial charge in [0.05, 0.1) is 10.0 Å². The summed E-state index contributed by atoms with van der Waals surface area (Å²) >= 11 is 11.8. The number of urea groups is 1. The molecule has 5 heteroatoms. The first-order valence-electron chi connectivity index (χ1n) is 6.64. The molecule has 2 amide bonds. The molecular weight excluding hydrogens is 283 g/mol. The minimum atomic E-state index is -0.157. The van der Waals surface area contributed by atoms with Gasteiger partial charge in [0, 0.05) is 11.7 Å². The van der Waals surface area contributed by atoms with Crippen LogP contribution in [0.3, 0.4) is 0 Å². The van der Waals surface area contributed by atoms with Gasteiger partial charge in [-0.25, -0.2) is 4.79 Å². The molecule has 1 aromatic carbocycles. The Bertz CT molecular complexity index is 506. The van der Waals surface area contributed by atoms with Crippen molar-refractivity contribution in [2.75, 3.05) is 5.32 Å². The summed E-state index contributed by atoms with van der Waals surface area (Å²) in [5, 5.41) is 6.80. The second kappa shape index (κ2) is 5.22. The molecule has 2 aliphatic rings. The van der Waals surface area contributed by atoms with Crippen LogP contribution in [0.1, 0.15) is 25.7 Å². The second-order valence-electron chi connectivity index (χ2n) is 5.51. The maximum atomic E-state index is 11.9. The monoisotopic (exact) mass is 298 g/mol. The maximum Gasteiger partial charge on any atom is 0.319 e. The molecule has 0 saturated heterocycles. The van der Waals surface area contributed by atoms with Crippen molar-refractivity contribution in [1.82, 2.24) is 5.32 Å². The van der Waals surface area contributed by atoms with Gasteiger partial charge in [-0.1, -0.05) is 29.6 Å². The predicted octanol–water partition coefficient (Wildman–Crippen LogP) is 4.30. The van der Waals surface area contributed by atoms with E-state index in [0.717, 1.165) is 12.3 Å². The summed E-state index contributed by atoms with van der Waals surface area (Å²) < 4.78 is 0. The second-order valence-corrected chi connectivity index (χ2v) is 6.32. The summed E-state index contributed by atoms with van der Waals surface area (Å²) in [6.45, 7) is 0. The van der Waals surface area contributed by atoms with Crippen molar-refractivity contribution in [2.45, 2.75) is 31.7 Å². The van der Waals surface area contributed by atoms with Crippen LogP contribution in [0.4, 0.5) is 10.5 Å². The third-order valence-electron chi connectivity index (χ3n) is 4.23. The van der Waals surface area contributed by atoms with Gasteiger partial charge >= 0.3 is 6.03 Å². The van der Waals surface area contributed by atoms with Crippen molar-refractivity contribution < 1.29 is 4.79 Å². The summed E-state index contributed by atoms with van der Waals surface area (Å²) in [7, 11) is 0. The number of hydrogen-bond acceptors (Lipinski definition) is 1. The van der Waals surface area contributed by atoms with Gasteiger partial charge < -0.3 is 10.6 Å². The fourth-order valence-electron chi connectivity index (χ4n) is 3.33. The first-order chi connectivity index (χ1) is 9.11. The number of amides is 2. The number of carbonyl (C=O) groups excluding carboxylic acids is 1. The molecule has 1 aromatic rings. The first kappa shape index (κ1) is 13.1. The Balaban J connectivity index is 1.57. The Morgan fingerprint density at radius 1 is 1.16 bits per heavy atom. The van der Waals surface area contributed by atoms with Gasteiger partial charge in [-0.05, 0) is 49.3 Å². The van der Waals surface area contributed by atoms with E-state index < -0.39 is 0 Å². The standard InChI is InChI=1S/C14H16Cl2N2O/c15-11-4-3-10(7-12(11)16)17-14(19)18-13-6-8-1-2-9(13)5-8/h3-4,7-9,13H,1-2,5-6H2,(H2,17,18,19). The van der Waals surface area contributed by atoms with Gasteiger partial charge in [0.25, 0.3) is 0 Å². The number of benzene rings is 1. The average Bonchev–Trinajstić information content (AvgIpc) is 2.96. The molecule has 0 aliphatic heterocycles. The minimum Gasteiger partial charge on any atom is -0.335 e. The molecule has 2 aliphatic carbocycles. The van der Waals surface area contributed by atoms with E-state index in [9.17, 15) is 4.79 Å². The molecule has 2 bridgehead atoms. The van der Waals surface area contributed by atoms with Gasteiger partial charge in [0.2, 0.25) is 0 Å². The molecule has 0 heterocycles. The molecular formula is C14H16Cl2N2O. The highest BCUT2D eigenvalue weighted by molar-refractivity contribution is 6.42. The summed E-state index contributed by atoms with van der Waals surface area (Å²) in [5.74, 6) is 1.49. The number of fused-ring (bicyclic) bond motifs is 2. The van der Waals surface area contributed by atoms with Gasteiger partial charge in [0.1, 0.15) is 0 Å². The van der Waals surface area contributed by atoms with E-state index in [4.69, 9.17) is 23.2 Å². The van der Waals surface area contributed by atoms with E-state index in [1.165, 1.54) is 19.3 Å². The van der Waals surface area contributed by atoms with Crippen molar-refractivity contribution in [1.29, 1.82) is 0 Å². The fraction of sp³-hybridized carbons (Fsp3) is 0.500. The molecule has 0 spiro atoms. The fourth-order valence-corrected chi connectivity index (χ4v) is 3.63.